The first-order chi connectivity index (χ1) is 12.0. The highest BCUT2D eigenvalue weighted by atomic mass is 35.5. The van der Waals surface area contributed by atoms with Gasteiger partial charge in [0.25, 0.3) is 5.91 Å². The lowest BCUT2D eigenvalue weighted by Gasteiger charge is -2.15. The maximum absolute atomic E-state index is 12.4. The van der Waals surface area contributed by atoms with Crippen LogP contribution < -0.4 is 14.8 Å². The number of methoxy groups -OCH3 is 1. The molecule has 0 aromatic heterocycles. The molecular weight excluding hydrogens is 338 g/mol. The number of ether oxygens (including phenoxy) is 2. The number of carbonyl (C=O) groups is 1. The number of amides is 1. The van der Waals surface area contributed by atoms with Gasteiger partial charge in [0.15, 0.2) is 0 Å². The van der Waals surface area contributed by atoms with Gasteiger partial charge in [-0.3, -0.25) is 4.79 Å². The Labute approximate surface area is 154 Å². The summed E-state index contributed by atoms with van der Waals surface area (Å²) in [4.78, 5) is 12.4. The predicted molar refractivity (Wildman–Crippen MR) is 101 cm³/mol. The molecule has 1 amide bonds. The van der Waals surface area contributed by atoms with Gasteiger partial charge in [0, 0.05) is 22.2 Å². The van der Waals surface area contributed by atoms with Crippen LogP contribution in [0.3, 0.4) is 0 Å². The molecule has 0 aliphatic carbocycles. The standard InChI is InChI=1S/C20H24ClNO3/c1-4-6-14(2)22-20(23)15-9-10-19(24-3)16(11-15)13-25-18-8-5-7-17(21)12-18/h5,7-12,14H,4,6,13H2,1-3H3,(H,22,23)/t14-/m0/s1. The van der Waals surface area contributed by atoms with Gasteiger partial charge in [-0.25, -0.2) is 0 Å². The van der Waals surface area contributed by atoms with Crippen LogP contribution in [0.15, 0.2) is 42.5 Å². The molecule has 0 radical (unpaired) electrons. The Hall–Kier alpha value is -2.20. The molecule has 1 N–H and O–H groups in total. The quantitative estimate of drug-likeness (QED) is 0.731. The minimum Gasteiger partial charge on any atom is -0.496 e. The Bertz CT molecular complexity index is 718. The molecule has 134 valence electrons. The first-order valence-electron chi connectivity index (χ1n) is 8.39. The molecule has 0 bridgehead atoms. The summed E-state index contributed by atoms with van der Waals surface area (Å²) >= 11 is 5.97. The van der Waals surface area contributed by atoms with Gasteiger partial charge in [0.1, 0.15) is 18.1 Å². The van der Waals surface area contributed by atoms with Crippen LogP contribution in [-0.2, 0) is 6.61 Å². The normalized spacial score (nSPS) is 11.7. The lowest BCUT2D eigenvalue weighted by molar-refractivity contribution is 0.0938. The van der Waals surface area contributed by atoms with E-state index in [-0.39, 0.29) is 18.6 Å². The Morgan fingerprint density at radius 1 is 1.24 bits per heavy atom. The summed E-state index contributed by atoms with van der Waals surface area (Å²) in [6, 6.07) is 12.7. The summed E-state index contributed by atoms with van der Waals surface area (Å²) in [5.41, 5.74) is 1.40. The average molecular weight is 362 g/mol. The first kappa shape index (κ1) is 19.1. The van der Waals surface area contributed by atoms with Crippen molar-refractivity contribution in [3.63, 3.8) is 0 Å². The van der Waals surface area contributed by atoms with Crippen molar-refractivity contribution in [2.75, 3.05) is 7.11 Å². The number of carbonyl (C=O) groups excluding carboxylic acids is 1. The van der Waals surface area contributed by atoms with E-state index in [9.17, 15) is 4.79 Å². The van der Waals surface area contributed by atoms with E-state index in [1.54, 1.807) is 37.4 Å². The van der Waals surface area contributed by atoms with Crippen molar-refractivity contribution < 1.29 is 14.3 Å². The van der Waals surface area contributed by atoms with Crippen LogP contribution in [0.5, 0.6) is 11.5 Å². The lowest BCUT2D eigenvalue weighted by Crippen LogP contribution is -2.32. The number of benzene rings is 2. The molecule has 5 heteroatoms. The van der Waals surface area contributed by atoms with Crippen molar-refractivity contribution in [3.8, 4) is 11.5 Å². The van der Waals surface area contributed by atoms with E-state index < -0.39 is 0 Å². The topological polar surface area (TPSA) is 47.6 Å². The van der Waals surface area contributed by atoms with Gasteiger partial charge in [-0.1, -0.05) is 31.0 Å². The highest BCUT2D eigenvalue weighted by Gasteiger charge is 2.13. The Morgan fingerprint density at radius 3 is 2.72 bits per heavy atom. The maximum atomic E-state index is 12.4. The third-order valence-corrected chi connectivity index (χ3v) is 4.07. The number of hydrogen-bond donors (Lipinski definition) is 1. The molecule has 25 heavy (non-hydrogen) atoms. The summed E-state index contributed by atoms with van der Waals surface area (Å²) in [5, 5.41) is 3.62. The summed E-state index contributed by atoms with van der Waals surface area (Å²) in [5.74, 6) is 1.26. The highest BCUT2D eigenvalue weighted by molar-refractivity contribution is 6.30. The van der Waals surface area contributed by atoms with E-state index in [2.05, 4.69) is 12.2 Å². The molecule has 0 aliphatic heterocycles. The van der Waals surface area contributed by atoms with Crippen molar-refractivity contribution in [3.05, 3.63) is 58.6 Å². The van der Waals surface area contributed by atoms with Crippen LogP contribution in [0.4, 0.5) is 0 Å². The fourth-order valence-corrected chi connectivity index (χ4v) is 2.74. The Kier molecular flexibility index (Phi) is 7.14. The van der Waals surface area contributed by atoms with Crippen LogP contribution in [0.2, 0.25) is 5.02 Å². The second-order valence-electron chi connectivity index (χ2n) is 5.94. The third-order valence-electron chi connectivity index (χ3n) is 3.83. The fraction of sp³-hybridized carbons (Fsp3) is 0.350. The van der Waals surface area contributed by atoms with Crippen molar-refractivity contribution >= 4 is 17.5 Å². The summed E-state index contributed by atoms with van der Waals surface area (Å²) in [6.07, 6.45) is 1.98. The Morgan fingerprint density at radius 2 is 2.04 bits per heavy atom. The van der Waals surface area contributed by atoms with Crippen LogP contribution in [0, 0.1) is 0 Å². The minimum atomic E-state index is -0.0902. The first-order valence-corrected chi connectivity index (χ1v) is 8.77. The van der Waals surface area contributed by atoms with Crippen LogP contribution in [0.1, 0.15) is 42.6 Å². The summed E-state index contributed by atoms with van der Waals surface area (Å²) in [6.45, 7) is 4.39. The molecule has 0 saturated carbocycles. The smallest absolute Gasteiger partial charge is 0.251 e. The van der Waals surface area contributed by atoms with E-state index in [1.807, 2.05) is 19.1 Å². The zero-order valence-electron chi connectivity index (χ0n) is 14.8. The third kappa shape index (κ3) is 5.68. The predicted octanol–water partition coefficient (Wildman–Crippen LogP) is 4.85. The molecule has 0 heterocycles. The van der Waals surface area contributed by atoms with Crippen molar-refractivity contribution in [2.24, 2.45) is 0 Å². The van der Waals surface area contributed by atoms with Crippen LogP contribution in [-0.4, -0.2) is 19.1 Å². The molecule has 0 saturated heterocycles. The number of halogens is 1. The molecule has 4 nitrogen and oxygen atoms in total. The number of rotatable bonds is 8. The number of nitrogens with one attached hydrogen (secondary N) is 1. The Balaban J connectivity index is 2.12. The SMILES string of the molecule is CCC[C@H](C)NC(=O)c1ccc(OC)c(COc2cccc(Cl)c2)c1. The molecule has 0 unspecified atom stereocenters. The second-order valence-corrected chi connectivity index (χ2v) is 6.37. The van der Waals surface area contributed by atoms with Gasteiger partial charge >= 0.3 is 0 Å². The summed E-state index contributed by atoms with van der Waals surface area (Å²) < 4.78 is 11.1. The molecule has 2 rings (SSSR count). The largest absolute Gasteiger partial charge is 0.496 e. The van der Waals surface area contributed by atoms with Crippen LogP contribution >= 0.6 is 11.6 Å². The van der Waals surface area contributed by atoms with E-state index in [4.69, 9.17) is 21.1 Å². The van der Waals surface area contributed by atoms with Gasteiger partial charge in [0.05, 0.1) is 7.11 Å². The monoisotopic (exact) mass is 361 g/mol. The van der Waals surface area contributed by atoms with Gasteiger partial charge in [-0.05, 0) is 49.7 Å². The van der Waals surface area contributed by atoms with Gasteiger partial charge in [0.2, 0.25) is 0 Å². The summed E-state index contributed by atoms with van der Waals surface area (Å²) in [7, 11) is 1.60. The number of hydrogen-bond acceptors (Lipinski definition) is 3. The van der Waals surface area contributed by atoms with E-state index in [0.717, 1.165) is 18.4 Å². The van der Waals surface area contributed by atoms with Gasteiger partial charge < -0.3 is 14.8 Å². The highest BCUT2D eigenvalue weighted by Crippen LogP contribution is 2.24. The average Bonchev–Trinajstić information content (AvgIpc) is 2.60. The van der Waals surface area contributed by atoms with E-state index in [0.29, 0.717) is 22.1 Å². The zero-order chi connectivity index (χ0) is 18.2. The minimum absolute atomic E-state index is 0.0902. The van der Waals surface area contributed by atoms with Crippen molar-refractivity contribution in [1.82, 2.24) is 5.32 Å². The van der Waals surface area contributed by atoms with Gasteiger partial charge in [-0.2, -0.15) is 0 Å². The lowest BCUT2D eigenvalue weighted by atomic mass is 10.1. The van der Waals surface area contributed by atoms with Crippen molar-refractivity contribution in [1.29, 1.82) is 0 Å². The maximum Gasteiger partial charge on any atom is 0.251 e. The molecule has 0 aliphatic rings. The van der Waals surface area contributed by atoms with Crippen molar-refractivity contribution in [2.45, 2.75) is 39.3 Å². The molecule has 2 aromatic carbocycles. The molecule has 0 spiro atoms. The van der Waals surface area contributed by atoms with Gasteiger partial charge in [-0.15, -0.1) is 0 Å². The van der Waals surface area contributed by atoms with E-state index >= 15 is 0 Å². The molecular formula is C20H24ClNO3. The fourth-order valence-electron chi connectivity index (χ4n) is 2.56. The molecule has 1 atom stereocenters. The zero-order valence-corrected chi connectivity index (χ0v) is 15.6. The molecule has 0 fully saturated rings. The van der Waals surface area contributed by atoms with Crippen LogP contribution in [0.25, 0.3) is 0 Å². The molecule has 2 aromatic rings. The second kappa shape index (κ2) is 9.33. The van der Waals surface area contributed by atoms with E-state index in [1.165, 1.54) is 0 Å².